The molecule has 0 fully saturated rings. The number of rotatable bonds is 6. The largest absolute Gasteiger partial charge is 0.872 e. The van der Waals surface area contributed by atoms with E-state index < -0.39 is 0 Å². The summed E-state index contributed by atoms with van der Waals surface area (Å²) in [6.45, 7) is 2.87. The van der Waals surface area contributed by atoms with Crippen molar-refractivity contribution in [3.8, 4) is 17.0 Å². The SMILES string of the molecule is C[N+](C)(CCNc1cc2n(c(=O)n1)CCc1ccc([O-])cc1-2)Cc1ccccc1Cl.Cl. The molecule has 0 unspecified atom stereocenters. The van der Waals surface area contributed by atoms with E-state index in [4.69, 9.17) is 11.6 Å². The minimum atomic E-state index is -0.290. The third-order valence-electron chi connectivity index (χ3n) is 5.55. The number of nitrogens with zero attached hydrogens (tertiary/aromatic N) is 3. The number of hydrogen-bond acceptors (Lipinski definition) is 4. The molecule has 164 valence electrons. The van der Waals surface area contributed by atoms with Crippen molar-refractivity contribution in [1.82, 2.24) is 9.55 Å². The van der Waals surface area contributed by atoms with E-state index in [1.807, 2.05) is 36.4 Å². The minimum Gasteiger partial charge on any atom is -0.872 e. The highest BCUT2D eigenvalue weighted by Crippen LogP contribution is 2.31. The highest BCUT2D eigenvalue weighted by molar-refractivity contribution is 6.31. The van der Waals surface area contributed by atoms with Gasteiger partial charge in [-0.15, -0.1) is 18.2 Å². The zero-order chi connectivity index (χ0) is 21.3. The normalized spacial score (nSPS) is 12.5. The van der Waals surface area contributed by atoms with Crippen LogP contribution in [0.25, 0.3) is 11.3 Å². The van der Waals surface area contributed by atoms with Gasteiger partial charge in [-0.2, -0.15) is 4.98 Å². The average Bonchev–Trinajstić information content (AvgIpc) is 2.69. The first kappa shape index (κ1) is 23.1. The summed E-state index contributed by atoms with van der Waals surface area (Å²) in [4.78, 5) is 16.7. The maximum Gasteiger partial charge on any atom is 0.349 e. The van der Waals surface area contributed by atoms with E-state index in [1.54, 1.807) is 16.7 Å². The molecule has 1 N–H and O–H groups in total. The number of nitrogens with one attached hydrogen (secondary N) is 1. The Labute approximate surface area is 193 Å². The van der Waals surface area contributed by atoms with Crippen molar-refractivity contribution in [1.29, 1.82) is 0 Å². The van der Waals surface area contributed by atoms with Crippen LogP contribution in [0.1, 0.15) is 11.1 Å². The predicted octanol–water partition coefficient (Wildman–Crippen LogP) is 3.30. The summed E-state index contributed by atoms with van der Waals surface area (Å²) >= 11 is 6.30. The Morgan fingerprint density at radius 1 is 1.19 bits per heavy atom. The molecule has 0 atom stereocenters. The van der Waals surface area contributed by atoms with E-state index in [2.05, 4.69) is 24.4 Å². The number of halogens is 2. The van der Waals surface area contributed by atoms with E-state index >= 15 is 0 Å². The number of quaternary nitrogens is 1. The fraction of sp³-hybridized carbons (Fsp3) is 0.304. The lowest BCUT2D eigenvalue weighted by atomic mass is 9.97. The van der Waals surface area contributed by atoms with Crippen LogP contribution in [0.2, 0.25) is 5.02 Å². The highest BCUT2D eigenvalue weighted by Gasteiger charge is 2.20. The number of aryl methyl sites for hydroxylation is 1. The third kappa shape index (κ3) is 5.21. The molecule has 0 saturated heterocycles. The molecule has 1 aliphatic rings. The summed E-state index contributed by atoms with van der Waals surface area (Å²) in [6.07, 6.45) is 0.727. The van der Waals surface area contributed by atoms with Crippen LogP contribution in [0.15, 0.2) is 53.3 Å². The second-order valence-electron chi connectivity index (χ2n) is 8.37. The van der Waals surface area contributed by atoms with Crippen molar-refractivity contribution in [2.24, 2.45) is 0 Å². The Bertz CT molecular complexity index is 1140. The first-order valence-electron chi connectivity index (χ1n) is 10.0. The van der Waals surface area contributed by atoms with Crippen molar-refractivity contribution >= 4 is 29.8 Å². The van der Waals surface area contributed by atoms with Gasteiger partial charge in [-0.3, -0.25) is 4.57 Å². The summed E-state index contributed by atoms with van der Waals surface area (Å²) in [5.74, 6) is 0.479. The Morgan fingerprint density at radius 2 is 1.97 bits per heavy atom. The molecule has 0 saturated carbocycles. The van der Waals surface area contributed by atoms with Crippen molar-refractivity contribution in [3.05, 3.63) is 75.2 Å². The smallest absolute Gasteiger partial charge is 0.349 e. The molecule has 6 nitrogen and oxygen atoms in total. The molecule has 31 heavy (non-hydrogen) atoms. The lowest BCUT2D eigenvalue weighted by Crippen LogP contribution is -2.42. The zero-order valence-corrected chi connectivity index (χ0v) is 19.2. The van der Waals surface area contributed by atoms with Crippen LogP contribution in [0.3, 0.4) is 0 Å². The van der Waals surface area contributed by atoms with Gasteiger partial charge in [0.25, 0.3) is 0 Å². The molecule has 8 heteroatoms. The van der Waals surface area contributed by atoms with Gasteiger partial charge in [0.1, 0.15) is 12.4 Å². The first-order valence-corrected chi connectivity index (χ1v) is 10.4. The van der Waals surface area contributed by atoms with E-state index in [1.165, 1.54) is 0 Å². The van der Waals surface area contributed by atoms with Crippen molar-refractivity contribution in [2.75, 3.05) is 32.5 Å². The van der Waals surface area contributed by atoms with Crippen LogP contribution in [-0.4, -0.2) is 41.2 Å². The summed E-state index contributed by atoms with van der Waals surface area (Å²) in [5.41, 5.74) is 3.48. The van der Waals surface area contributed by atoms with Crippen LogP contribution < -0.4 is 16.1 Å². The van der Waals surface area contributed by atoms with E-state index in [9.17, 15) is 9.90 Å². The molecule has 2 aromatic carbocycles. The maximum absolute atomic E-state index is 12.5. The Hall–Kier alpha value is -2.54. The van der Waals surface area contributed by atoms with Gasteiger partial charge in [-0.25, -0.2) is 4.79 Å². The lowest BCUT2D eigenvalue weighted by molar-refractivity contribution is -0.901. The molecule has 2 heterocycles. The van der Waals surface area contributed by atoms with Gasteiger partial charge in [0.15, 0.2) is 0 Å². The van der Waals surface area contributed by atoms with Crippen LogP contribution in [-0.2, 0) is 19.5 Å². The summed E-state index contributed by atoms with van der Waals surface area (Å²) < 4.78 is 2.38. The van der Waals surface area contributed by atoms with Crippen molar-refractivity contribution in [3.63, 3.8) is 0 Å². The molecule has 0 bridgehead atoms. The molecular formula is C23H26Cl2N4O2. The number of aromatic nitrogens is 2. The molecule has 1 aromatic heterocycles. The molecular weight excluding hydrogens is 435 g/mol. The van der Waals surface area contributed by atoms with Gasteiger partial charge >= 0.3 is 5.69 Å². The first-order chi connectivity index (χ1) is 14.3. The Kier molecular flexibility index (Phi) is 6.94. The van der Waals surface area contributed by atoms with Gasteiger partial charge in [0, 0.05) is 28.8 Å². The molecule has 1 aliphatic heterocycles. The van der Waals surface area contributed by atoms with Gasteiger partial charge in [0.2, 0.25) is 0 Å². The van der Waals surface area contributed by atoms with Gasteiger partial charge < -0.3 is 14.9 Å². The predicted molar refractivity (Wildman–Crippen MR) is 125 cm³/mol. The standard InChI is InChI=1S/C23H25ClN4O2.ClH/c1-28(2,15-17-5-3-4-6-20(17)24)12-10-25-22-14-21-19-13-18(29)8-7-16(19)9-11-27(21)23(30)26-22;/h3-8,13-14H,9-12,15H2,1-2H3,(H-,25,26,29,30);1H. The van der Waals surface area contributed by atoms with Crippen molar-refractivity contribution in [2.45, 2.75) is 19.5 Å². The molecule has 0 radical (unpaired) electrons. The quantitative estimate of drug-likeness (QED) is 0.572. The Balaban J connectivity index is 0.00000272. The van der Waals surface area contributed by atoms with Gasteiger partial charge in [0.05, 0.1) is 32.9 Å². The van der Waals surface area contributed by atoms with E-state index in [-0.39, 0.29) is 23.8 Å². The van der Waals surface area contributed by atoms with E-state index in [0.717, 1.165) is 51.4 Å². The van der Waals surface area contributed by atoms with Gasteiger partial charge in [-0.1, -0.05) is 48.0 Å². The number of hydrogen-bond donors (Lipinski definition) is 1. The van der Waals surface area contributed by atoms with Crippen LogP contribution in [0.5, 0.6) is 5.75 Å². The monoisotopic (exact) mass is 460 g/mol. The number of benzene rings is 2. The van der Waals surface area contributed by atoms with Crippen LogP contribution in [0.4, 0.5) is 5.82 Å². The summed E-state index contributed by atoms with van der Waals surface area (Å²) in [5, 5.41) is 15.9. The summed E-state index contributed by atoms with van der Waals surface area (Å²) in [7, 11) is 4.29. The maximum atomic E-state index is 12.5. The topological polar surface area (TPSA) is 70.0 Å². The second kappa shape index (κ2) is 9.30. The second-order valence-corrected chi connectivity index (χ2v) is 8.77. The fourth-order valence-corrected chi connectivity index (χ4v) is 4.13. The molecule has 0 aliphatic carbocycles. The minimum absolute atomic E-state index is 0. The fourth-order valence-electron chi connectivity index (χ4n) is 3.93. The zero-order valence-electron chi connectivity index (χ0n) is 17.6. The van der Waals surface area contributed by atoms with Crippen LogP contribution >= 0.6 is 24.0 Å². The lowest BCUT2D eigenvalue weighted by Gasteiger charge is -2.30. The average molecular weight is 461 g/mol. The van der Waals surface area contributed by atoms with E-state index in [0.29, 0.717) is 18.9 Å². The van der Waals surface area contributed by atoms with Crippen LogP contribution in [0, 0.1) is 0 Å². The van der Waals surface area contributed by atoms with Crippen molar-refractivity contribution < 1.29 is 9.59 Å². The van der Waals surface area contributed by atoms with Gasteiger partial charge in [-0.05, 0) is 18.1 Å². The number of likely N-dealkylation sites (N-methyl/N-ethyl adjacent to an activating group) is 1. The molecule has 0 spiro atoms. The number of anilines is 1. The third-order valence-corrected chi connectivity index (χ3v) is 5.92. The molecule has 0 amide bonds. The Morgan fingerprint density at radius 3 is 2.74 bits per heavy atom. The molecule has 4 rings (SSSR count). The number of fused-ring (bicyclic) bond motifs is 3. The highest BCUT2D eigenvalue weighted by atomic mass is 35.5. The molecule has 3 aromatic rings. The summed E-state index contributed by atoms with van der Waals surface area (Å²) in [6, 6.07) is 14.8.